The minimum absolute atomic E-state index is 0.0242. The molecule has 4 aromatic carbocycles. The molecule has 7 nitrogen and oxygen atoms in total. The van der Waals surface area contributed by atoms with E-state index in [0.717, 1.165) is 22.3 Å². The molecule has 2 heterocycles. The molecule has 0 saturated carbocycles. The Morgan fingerprint density at radius 2 is 1.27 bits per heavy atom. The van der Waals surface area contributed by atoms with Gasteiger partial charge in [0.1, 0.15) is 0 Å². The number of amides is 2. The van der Waals surface area contributed by atoms with Gasteiger partial charge >= 0.3 is 0 Å². The van der Waals surface area contributed by atoms with Crippen LogP contribution in [0.25, 0.3) is 0 Å². The fourth-order valence-electron chi connectivity index (χ4n) is 6.26. The van der Waals surface area contributed by atoms with E-state index in [4.69, 9.17) is 46.4 Å². The van der Waals surface area contributed by atoms with E-state index in [0.29, 0.717) is 64.7 Å². The van der Waals surface area contributed by atoms with Gasteiger partial charge in [-0.2, -0.15) is 0 Å². The summed E-state index contributed by atoms with van der Waals surface area (Å²) in [6.45, 7) is 1.03. The van der Waals surface area contributed by atoms with Gasteiger partial charge in [-0.15, -0.1) is 5.10 Å². The lowest BCUT2D eigenvalue weighted by Gasteiger charge is -2.40. The Labute approximate surface area is 300 Å². The number of hydrogen-bond acceptors (Lipinski definition) is 4. The van der Waals surface area contributed by atoms with Crippen LogP contribution in [0, 0.1) is 0 Å². The smallest absolute Gasteiger partial charge is 0.252 e. The summed E-state index contributed by atoms with van der Waals surface area (Å²) < 4.78 is 1.69. The second-order valence-corrected chi connectivity index (χ2v) is 13.5. The molecule has 11 heteroatoms. The molecule has 48 heavy (non-hydrogen) atoms. The Morgan fingerprint density at radius 3 is 1.83 bits per heavy atom. The predicted molar refractivity (Wildman–Crippen MR) is 191 cm³/mol. The zero-order valence-electron chi connectivity index (χ0n) is 26.0. The van der Waals surface area contributed by atoms with E-state index in [1.807, 2.05) is 48.5 Å². The first-order valence-corrected chi connectivity index (χ1v) is 17.2. The molecule has 0 radical (unpaired) electrons. The average Bonchev–Trinajstić information content (AvgIpc) is 3.55. The Hall–Kier alpha value is -3.88. The van der Waals surface area contributed by atoms with Gasteiger partial charge in [0.2, 0.25) is 5.91 Å². The average molecular weight is 722 g/mol. The van der Waals surface area contributed by atoms with Crippen molar-refractivity contribution in [2.24, 2.45) is 0 Å². The Balaban J connectivity index is 1.29. The van der Waals surface area contributed by atoms with Crippen molar-refractivity contribution in [3.63, 3.8) is 0 Å². The van der Waals surface area contributed by atoms with Gasteiger partial charge in [-0.3, -0.25) is 9.59 Å². The number of piperazine rings is 1. The van der Waals surface area contributed by atoms with Gasteiger partial charge < -0.3 is 9.80 Å². The Morgan fingerprint density at radius 1 is 0.708 bits per heavy atom. The normalized spacial score (nSPS) is 15.1. The van der Waals surface area contributed by atoms with E-state index in [1.165, 1.54) is 0 Å². The van der Waals surface area contributed by atoms with E-state index < -0.39 is 6.04 Å². The summed E-state index contributed by atoms with van der Waals surface area (Å²) in [6.07, 6.45) is 3.20. The quantitative estimate of drug-likeness (QED) is 0.130. The van der Waals surface area contributed by atoms with Crippen LogP contribution in [0.5, 0.6) is 0 Å². The molecule has 1 atom stereocenters. The molecular formula is C37H33Cl4N5O2. The number of hydrogen-bond donors (Lipinski definition) is 0. The maximum Gasteiger partial charge on any atom is 0.252 e. The minimum atomic E-state index is -0.908. The first-order chi connectivity index (χ1) is 23.3. The lowest BCUT2D eigenvalue weighted by Crippen LogP contribution is -2.56. The summed E-state index contributed by atoms with van der Waals surface area (Å²) in [5.41, 5.74) is 4.57. The highest BCUT2D eigenvalue weighted by Gasteiger charge is 2.42. The highest BCUT2D eigenvalue weighted by atomic mass is 35.5. The molecule has 246 valence electrons. The van der Waals surface area contributed by atoms with Gasteiger partial charge in [0.15, 0.2) is 6.04 Å². The van der Waals surface area contributed by atoms with Crippen LogP contribution < -0.4 is 0 Å². The van der Waals surface area contributed by atoms with Crippen LogP contribution in [0.4, 0.5) is 0 Å². The van der Waals surface area contributed by atoms with Crippen LogP contribution in [-0.2, 0) is 29.0 Å². The fraction of sp³-hybridized carbons (Fsp3) is 0.243. The first-order valence-electron chi connectivity index (χ1n) is 15.7. The number of halogens is 4. The van der Waals surface area contributed by atoms with Crippen molar-refractivity contribution in [3.05, 3.63) is 151 Å². The van der Waals surface area contributed by atoms with Crippen molar-refractivity contribution in [1.82, 2.24) is 24.8 Å². The third-order valence-corrected chi connectivity index (χ3v) is 9.94. The molecule has 2 amide bonds. The van der Waals surface area contributed by atoms with Crippen LogP contribution in [0.3, 0.4) is 0 Å². The second kappa shape index (κ2) is 15.6. The molecule has 1 aliphatic rings. The number of aromatic nitrogens is 3. The monoisotopic (exact) mass is 719 g/mol. The van der Waals surface area contributed by atoms with Crippen molar-refractivity contribution in [2.75, 3.05) is 19.6 Å². The molecule has 0 spiro atoms. The van der Waals surface area contributed by atoms with Crippen molar-refractivity contribution in [2.45, 2.75) is 37.8 Å². The van der Waals surface area contributed by atoms with Crippen LogP contribution >= 0.6 is 46.4 Å². The van der Waals surface area contributed by atoms with Crippen molar-refractivity contribution in [1.29, 1.82) is 0 Å². The molecule has 1 aromatic heterocycles. The summed E-state index contributed by atoms with van der Waals surface area (Å²) in [5, 5.41) is 10.7. The largest absolute Gasteiger partial charge is 0.331 e. The van der Waals surface area contributed by atoms with Gasteiger partial charge in [0.05, 0.1) is 18.4 Å². The van der Waals surface area contributed by atoms with Crippen molar-refractivity contribution >= 4 is 58.2 Å². The number of rotatable bonds is 12. The maximum absolute atomic E-state index is 14.4. The molecule has 1 unspecified atom stereocenters. The number of benzene rings is 4. The molecule has 5 aromatic rings. The van der Waals surface area contributed by atoms with Crippen LogP contribution in [0.2, 0.25) is 20.1 Å². The number of carbonyl (C=O) groups is 2. The van der Waals surface area contributed by atoms with E-state index in [9.17, 15) is 9.59 Å². The molecule has 0 aliphatic carbocycles. The van der Waals surface area contributed by atoms with Gasteiger partial charge in [-0.1, -0.05) is 124 Å². The number of carbonyl (C=O) groups excluding carboxylic acids is 2. The zero-order valence-corrected chi connectivity index (χ0v) is 29.0. The van der Waals surface area contributed by atoms with Crippen molar-refractivity contribution in [3.8, 4) is 0 Å². The third-order valence-electron chi connectivity index (χ3n) is 8.77. The lowest BCUT2D eigenvalue weighted by atomic mass is 9.88. The summed E-state index contributed by atoms with van der Waals surface area (Å²) >= 11 is 25.1. The van der Waals surface area contributed by atoms with E-state index >= 15 is 0 Å². The maximum atomic E-state index is 14.4. The SMILES string of the molecule is O=C1C(c2cnnn2CCc2ccc(Cl)cc2Cl)N(CCC(c2ccccc2)c2ccccc2)C(=O)CN1CCc1ccc(Cl)cc1Cl. The standard InChI is InChI=1S/C37H33Cl4N5O2/c38-29-13-11-27(32(40)21-29)15-18-44-24-35(47)45(19-17-31(25-7-3-1-4-8-25)26-9-5-2-6-10-26)36(37(44)48)34-23-42-43-46(34)20-16-28-12-14-30(39)22-33(28)41/h1-14,21-23,31,36H,15-20,24H2. The fourth-order valence-corrected chi connectivity index (χ4v) is 7.26. The molecule has 6 rings (SSSR count). The predicted octanol–water partition coefficient (Wildman–Crippen LogP) is 8.31. The van der Waals surface area contributed by atoms with Gasteiger partial charge in [0.25, 0.3) is 5.91 Å². The molecular weight excluding hydrogens is 688 g/mol. The van der Waals surface area contributed by atoms with E-state index in [2.05, 4.69) is 34.6 Å². The van der Waals surface area contributed by atoms with E-state index in [1.54, 1.807) is 44.9 Å². The van der Waals surface area contributed by atoms with Crippen molar-refractivity contribution < 1.29 is 9.59 Å². The highest BCUT2D eigenvalue weighted by molar-refractivity contribution is 6.35. The molecule has 1 fully saturated rings. The van der Waals surface area contributed by atoms with Gasteiger partial charge in [0, 0.05) is 45.6 Å². The highest BCUT2D eigenvalue weighted by Crippen LogP contribution is 2.33. The number of nitrogens with zero attached hydrogens (tertiary/aromatic N) is 5. The first kappa shape index (κ1) is 34.0. The Bertz CT molecular complexity index is 1850. The molecule has 1 aliphatic heterocycles. The Kier molecular flexibility index (Phi) is 11.0. The van der Waals surface area contributed by atoms with Crippen LogP contribution in [-0.4, -0.2) is 56.2 Å². The minimum Gasteiger partial charge on any atom is -0.331 e. The molecule has 1 saturated heterocycles. The topological polar surface area (TPSA) is 71.3 Å². The number of aryl methyl sites for hydroxylation is 2. The zero-order chi connectivity index (χ0) is 33.6. The second-order valence-electron chi connectivity index (χ2n) is 11.8. The molecule has 0 N–H and O–H groups in total. The van der Waals surface area contributed by atoms with E-state index in [-0.39, 0.29) is 24.3 Å². The van der Waals surface area contributed by atoms with Gasteiger partial charge in [-0.05, 0) is 65.8 Å². The third kappa shape index (κ3) is 7.87. The van der Waals surface area contributed by atoms with Crippen LogP contribution in [0.15, 0.2) is 103 Å². The summed E-state index contributed by atoms with van der Waals surface area (Å²) in [5.74, 6) is -0.310. The summed E-state index contributed by atoms with van der Waals surface area (Å²) in [7, 11) is 0. The summed E-state index contributed by atoms with van der Waals surface area (Å²) in [6, 6.07) is 30.2. The van der Waals surface area contributed by atoms with Crippen LogP contribution in [0.1, 0.15) is 46.3 Å². The van der Waals surface area contributed by atoms with Gasteiger partial charge in [-0.25, -0.2) is 4.68 Å². The molecule has 0 bridgehead atoms. The lowest BCUT2D eigenvalue weighted by molar-refractivity contribution is -0.156. The summed E-state index contributed by atoms with van der Waals surface area (Å²) in [4.78, 5) is 31.8.